The average molecular weight is 370 g/mol. The first kappa shape index (κ1) is 17.8. The Bertz CT molecular complexity index is 514. The predicted octanol–water partition coefficient (Wildman–Crippen LogP) is 1.58. The van der Waals surface area contributed by atoms with Crippen LogP contribution >= 0.6 is 0 Å². The van der Waals surface area contributed by atoms with E-state index >= 15 is 0 Å². The molecule has 0 bridgehead atoms. The van der Waals surface area contributed by atoms with Crippen LogP contribution in [-0.2, 0) is 23.7 Å². The van der Waals surface area contributed by atoms with E-state index in [1.54, 1.807) is 0 Å². The molecule has 5 fully saturated rings. The fraction of sp³-hybridized carbons (Fsp3) is 1.00. The average Bonchev–Trinajstić information content (AvgIpc) is 3.22. The zero-order valence-electron chi connectivity index (χ0n) is 15.2. The third kappa shape index (κ3) is 2.92. The minimum Gasteiger partial charge on any atom is -0.385 e. The Balaban J connectivity index is 1.35. The summed E-state index contributed by atoms with van der Waals surface area (Å²) in [5, 5.41) is 20.7. The van der Waals surface area contributed by atoms with Crippen molar-refractivity contribution in [2.75, 3.05) is 6.61 Å². The Morgan fingerprint density at radius 1 is 0.654 bits per heavy atom. The third-order valence-electron chi connectivity index (χ3n) is 6.75. The molecule has 3 aliphatic heterocycles. The minimum atomic E-state index is -1.30. The highest BCUT2D eigenvalue weighted by Crippen LogP contribution is 2.47. The third-order valence-corrected chi connectivity index (χ3v) is 6.75. The lowest BCUT2D eigenvalue weighted by molar-refractivity contribution is -0.284. The molecular weight excluding hydrogens is 340 g/mol. The summed E-state index contributed by atoms with van der Waals surface area (Å²) in [5.41, 5.74) is 0. The normalized spacial score (nSPS) is 47.3. The second-order valence-electron chi connectivity index (χ2n) is 8.56. The molecular formula is C19H30O7. The van der Waals surface area contributed by atoms with Crippen molar-refractivity contribution in [2.24, 2.45) is 0 Å². The van der Waals surface area contributed by atoms with Crippen LogP contribution in [0.4, 0.5) is 0 Å². The van der Waals surface area contributed by atoms with Crippen LogP contribution < -0.4 is 0 Å². The number of hydrogen-bond donors (Lipinski definition) is 2. The molecule has 3 saturated heterocycles. The Morgan fingerprint density at radius 3 is 1.96 bits per heavy atom. The topological polar surface area (TPSA) is 86.6 Å². The standard InChI is InChI=1S/C19H30O7/c20-13-15-16(26-19(25-15)9-5-2-6-10-19)14(23-17(13)21)12-11-22-18(24-12)7-3-1-4-8-18/h12-17,20-21H,1-11H2. The van der Waals surface area contributed by atoms with E-state index in [2.05, 4.69) is 0 Å². The summed E-state index contributed by atoms with van der Waals surface area (Å²) in [6.45, 7) is 0.424. The number of ether oxygens (including phenoxy) is 5. The van der Waals surface area contributed by atoms with Crippen molar-refractivity contribution in [3.8, 4) is 0 Å². The van der Waals surface area contributed by atoms with Gasteiger partial charge in [0.15, 0.2) is 17.9 Å². The van der Waals surface area contributed by atoms with Crippen molar-refractivity contribution >= 4 is 0 Å². The van der Waals surface area contributed by atoms with Crippen LogP contribution in [0.3, 0.4) is 0 Å². The second kappa shape index (κ2) is 6.65. The Morgan fingerprint density at radius 2 is 1.27 bits per heavy atom. The maximum absolute atomic E-state index is 10.4. The van der Waals surface area contributed by atoms with Crippen molar-refractivity contribution in [3.63, 3.8) is 0 Å². The van der Waals surface area contributed by atoms with E-state index in [9.17, 15) is 10.2 Å². The molecule has 0 aromatic carbocycles. The van der Waals surface area contributed by atoms with E-state index in [0.717, 1.165) is 51.4 Å². The van der Waals surface area contributed by atoms with Gasteiger partial charge in [-0.3, -0.25) is 0 Å². The van der Waals surface area contributed by atoms with Crippen molar-refractivity contribution in [1.29, 1.82) is 0 Å². The predicted molar refractivity (Wildman–Crippen MR) is 89.1 cm³/mol. The van der Waals surface area contributed by atoms with Crippen molar-refractivity contribution in [1.82, 2.24) is 0 Å². The van der Waals surface area contributed by atoms with Crippen LogP contribution in [0.15, 0.2) is 0 Å². The van der Waals surface area contributed by atoms with Gasteiger partial charge >= 0.3 is 0 Å². The minimum absolute atomic E-state index is 0.315. The first-order valence-electron chi connectivity index (χ1n) is 10.3. The maximum atomic E-state index is 10.4. The fourth-order valence-electron chi connectivity index (χ4n) is 5.37. The van der Waals surface area contributed by atoms with E-state index < -0.39 is 42.3 Å². The summed E-state index contributed by atoms with van der Waals surface area (Å²) in [4.78, 5) is 0. The van der Waals surface area contributed by atoms with Gasteiger partial charge in [0.25, 0.3) is 0 Å². The molecule has 2 N–H and O–H groups in total. The van der Waals surface area contributed by atoms with Crippen molar-refractivity contribution < 1.29 is 33.9 Å². The molecule has 6 unspecified atom stereocenters. The van der Waals surface area contributed by atoms with Gasteiger partial charge in [0.1, 0.15) is 30.5 Å². The number of hydrogen-bond acceptors (Lipinski definition) is 7. The van der Waals surface area contributed by atoms with E-state index in [1.165, 1.54) is 12.8 Å². The molecule has 7 heteroatoms. The van der Waals surface area contributed by atoms with Gasteiger partial charge in [-0.1, -0.05) is 12.8 Å². The maximum Gasteiger partial charge on any atom is 0.184 e. The summed E-state index contributed by atoms with van der Waals surface area (Å²) in [7, 11) is 0. The summed E-state index contributed by atoms with van der Waals surface area (Å²) in [5.74, 6) is -1.16. The van der Waals surface area contributed by atoms with Crippen LogP contribution in [-0.4, -0.2) is 65.2 Å². The molecule has 2 saturated carbocycles. The van der Waals surface area contributed by atoms with Gasteiger partial charge in [-0.25, -0.2) is 0 Å². The van der Waals surface area contributed by atoms with Crippen molar-refractivity contribution in [3.05, 3.63) is 0 Å². The van der Waals surface area contributed by atoms with Crippen LogP contribution in [0.2, 0.25) is 0 Å². The summed E-state index contributed by atoms with van der Waals surface area (Å²) in [6, 6.07) is 0. The molecule has 26 heavy (non-hydrogen) atoms. The summed E-state index contributed by atoms with van der Waals surface area (Å²) in [6.07, 6.45) is 5.90. The molecule has 2 aliphatic carbocycles. The van der Waals surface area contributed by atoms with E-state index in [-0.39, 0.29) is 6.10 Å². The lowest BCUT2D eigenvalue weighted by Crippen LogP contribution is -2.60. The number of rotatable bonds is 1. The summed E-state index contributed by atoms with van der Waals surface area (Å²) < 4.78 is 30.7. The molecule has 5 rings (SSSR count). The van der Waals surface area contributed by atoms with Gasteiger partial charge in [-0.05, 0) is 25.7 Å². The fourth-order valence-corrected chi connectivity index (χ4v) is 5.37. The zero-order chi connectivity index (χ0) is 17.8. The van der Waals surface area contributed by atoms with Gasteiger partial charge in [-0.15, -0.1) is 0 Å². The lowest BCUT2D eigenvalue weighted by Gasteiger charge is -2.40. The van der Waals surface area contributed by atoms with E-state index in [0.29, 0.717) is 6.61 Å². The lowest BCUT2D eigenvalue weighted by atomic mass is 9.93. The van der Waals surface area contributed by atoms with Crippen LogP contribution in [0, 0.1) is 0 Å². The Kier molecular flexibility index (Phi) is 4.55. The smallest absolute Gasteiger partial charge is 0.184 e. The SMILES string of the molecule is OC1OC(C2COC3(CCCCC3)O2)C2OC3(CCCCC3)OC2C1O. The van der Waals surface area contributed by atoms with Gasteiger partial charge < -0.3 is 33.9 Å². The van der Waals surface area contributed by atoms with Gasteiger partial charge in [0.2, 0.25) is 0 Å². The number of fused-ring (bicyclic) bond motifs is 1. The highest BCUT2D eigenvalue weighted by Gasteiger charge is 2.60. The molecule has 2 spiro atoms. The van der Waals surface area contributed by atoms with Crippen LogP contribution in [0.1, 0.15) is 64.2 Å². The highest BCUT2D eigenvalue weighted by molar-refractivity contribution is 5.02. The number of aliphatic hydroxyl groups is 2. The first-order chi connectivity index (χ1) is 12.6. The van der Waals surface area contributed by atoms with Crippen LogP contribution in [0.5, 0.6) is 0 Å². The van der Waals surface area contributed by atoms with Crippen molar-refractivity contribution in [2.45, 2.75) is 113 Å². The second-order valence-corrected chi connectivity index (χ2v) is 8.56. The first-order valence-corrected chi connectivity index (χ1v) is 10.3. The molecule has 6 atom stereocenters. The van der Waals surface area contributed by atoms with E-state index in [4.69, 9.17) is 23.7 Å². The molecule has 5 aliphatic rings. The molecule has 0 amide bonds. The largest absolute Gasteiger partial charge is 0.385 e. The quantitative estimate of drug-likeness (QED) is 0.725. The van der Waals surface area contributed by atoms with Gasteiger partial charge in [-0.2, -0.15) is 0 Å². The zero-order valence-corrected chi connectivity index (χ0v) is 15.2. The van der Waals surface area contributed by atoms with Crippen LogP contribution in [0.25, 0.3) is 0 Å². The molecule has 0 radical (unpaired) electrons. The number of aliphatic hydroxyl groups excluding tert-OH is 2. The molecule has 0 aromatic heterocycles. The molecule has 3 heterocycles. The molecule has 0 aromatic rings. The monoisotopic (exact) mass is 370 g/mol. The highest BCUT2D eigenvalue weighted by atomic mass is 16.8. The van der Waals surface area contributed by atoms with Gasteiger partial charge in [0, 0.05) is 25.7 Å². The molecule has 7 nitrogen and oxygen atoms in total. The molecule has 148 valence electrons. The van der Waals surface area contributed by atoms with Gasteiger partial charge in [0.05, 0.1) is 6.61 Å². The van der Waals surface area contributed by atoms with E-state index in [1.807, 2.05) is 0 Å². The Hall–Kier alpha value is -0.280. The summed E-state index contributed by atoms with van der Waals surface area (Å²) >= 11 is 0. The Labute approximate surface area is 153 Å².